The highest BCUT2D eigenvalue weighted by Gasteiger charge is 2.23. The van der Waals surface area contributed by atoms with Crippen LogP contribution in [0.15, 0.2) is 10.4 Å². The molecule has 12 heavy (non-hydrogen) atoms. The molecule has 0 aromatic carbocycles. The van der Waals surface area contributed by atoms with Crippen molar-refractivity contribution in [3.05, 3.63) is 10.4 Å². The van der Waals surface area contributed by atoms with E-state index in [0.717, 1.165) is 25.7 Å². The molecule has 0 aromatic heterocycles. The van der Waals surface area contributed by atoms with Crippen LogP contribution in [-0.4, -0.2) is 23.2 Å². The summed E-state index contributed by atoms with van der Waals surface area (Å²) in [5, 5.41) is 0. The number of hydrogen-bond donors (Lipinski definition) is 0. The second kappa shape index (κ2) is 4.90. The summed E-state index contributed by atoms with van der Waals surface area (Å²) in [5.74, 6) is 0. The maximum Gasteiger partial charge on any atom is 0.142 e. The summed E-state index contributed by atoms with van der Waals surface area (Å²) in [7, 11) is 0. The lowest BCUT2D eigenvalue weighted by atomic mass is 10.3. The Hall–Kier alpha value is 0.01000. The third-order valence-electron chi connectivity index (χ3n) is 1.71. The molecule has 1 rings (SSSR count). The van der Waals surface area contributed by atoms with Crippen LogP contribution in [0.25, 0.3) is 0 Å². The fourth-order valence-corrected chi connectivity index (χ4v) is 2.31. The van der Waals surface area contributed by atoms with E-state index < -0.39 is 0 Å². The van der Waals surface area contributed by atoms with Crippen LogP contribution in [0.1, 0.15) is 19.8 Å². The molecule has 1 heterocycles. The Morgan fingerprint density at radius 1 is 1.83 bits per heavy atom. The fraction of sp³-hybridized carbons (Fsp3) is 0.625. The van der Waals surface area contributed by atoms with Crippen LogP contribution in [0, 0.1) is 0 Å². The smallest absolute Gasteiger partial charge is 0.142 e. The number of carbonyl (C=O) groups excluding carboxylic acids is 1. The van der Waals surface area contributed by atoms with E-state index in [-0.39, 0.29) is 6.04 Å². The molecule has 0 saturated heterocycles. The average Bonchev–Trinajstić information content (AvgIpc) is 2.42. The van der Waals surface area contributed by atoms with Crippen molar-refractivity contribution in [1.82, 2.24) is 4.31 Å². The standard InChI is InChI=1S/C8H12ClNOS/c1-2-3-4-10-7(6-11)5-8(9)12-10/h5-7H,2-4H2,1H3. The van der Waals surface area contributed by atoms with E-state index in [1.807, 2.05) is 4.31 Å². The number of unbranched alkanes of at least 4 members (excludes halogenated alkanes) is 1. The van der Waals surface area contributed by atoms with Crippen molar-refractivity contribution in [2.45, 2.75) is 25.8 Å². The van der Waals surface area contributed by atoms with Gasteiger partial charge in [-0.15, -0.1) is 0 Å². The zero-order valence-electron chi connectivity index (χ0n) is 7.00. The van der Waals surface area contributed by atoms with Gasteiger partial charge in [0.15, 0.2) is 0 Å². The maximum absolute atomic E-state index is 10.6. The number of aldehydes is 1. The van der Waals surface area contributed by atoms with Gasteiger partial charge in [0, 0.05) is 6.54 Å². The monoisotopic (exact) mass is 205 g/mol. The van der Waals surface area contributed by atoms with Gasteiger partial charge in [-0.2, -0.15) is 0 Å². The quantitative estimate of drug-likeness (QED) is 0.519. The number of carbonyl (C=O) groups is 1. The summed E-state index contributed by atoms with van der Waals surface area (Å²) in [5.41, 5.74) is 0. The molecule has 68 valence electrons. The van der Waals surface area contributed by atoms with E-state index >= 15 is 0 Å². The Morgan fingerprint density at radius 2 is 2.58 bits per heavy atom. The molecule has 4 heteroatoms. The molecule has 0 radical (unpaired) electrons. The van der Waals surface area contributed by atoms with Gasteiger partial charge in [-0.1, -0.05) is 24.9 Å². The summed E-state index contributed by atoms with van der Waals surface area (Å²) in [6, 6.07) is -0.117. The number of nitrogens with zero attached hydrogens (tertiary/aromatic N) is 1. The molecular formula is C8H12ClNOS. The number of rotatable bonds is 4. The molecule has 0 aliphatic carbocycles. The molecule has 0 amide bonds. The second-order valence-electron chi connectivity index (χ2n) is 2.68. The number of halogens is 1. The van der Waals surface area contributed by atoms with Gasteiger partial charge in [0.1, 0.15) is 6.29 Å². The largest absolute Gasteiger partial charge is 0.301 e. The number of hydrogen-bond acceptors (Lipinski definition) is 3. The summed E-state index contributed by atoms with van der Waals surface area (Å²) in [4.78, 5) is 10.6. The zero-order chi connectivity index (χ0) is 8.97. The first-order valence-corrected chi connectivity index (χ1v) is 5.20. The van der Waals surface area contributed by atoms with Crippen LogP contribution < -0.4 is 0 Å². The van der Waals surface area contributed by atoms with E-state index in [1.54, 1.807) is 6.08 Å². The normalized spacial score (nSPS) is 24.2. The SMILES string of the molecule is CCCCN1SC(Cl)=CC1C=O. The van der Waals surface area contributed by atoms with E-state index in [2.05, 4.69) is 6.92 Å². The predicted molar refractivity (Wildman–Crippen MR) is 53.0 cm³/mol. The minimum atomic E-state index is -0.117. The summed E-state index contributed by atoms with van der Waals surface area (Å²) >= 11 is 7.25. The minimum absolute atomic E-state index is 0.117. The molecule has 0 fully saturated rings. The van der Waals surface area contributed by atoms with E-state index in [0.29, 0.717) is 4.36 Å². The van der Waals surface area contributed by atoms with Crippen LogP contribution in [-0.2, 0) is 4.79 Å². The lowest BCUT2D eigenvalue weighted by Gasteiger charge is -2.17. The lowest BCUT2D eigenvalue weighted by molar-refractivity contribution is -0.109. The third-order valence-corrected chi connectivity index (χ3v) is 3.01. The molecular weight excluding hydrogens is 194 g/mol. The maximum atomic E-state index is 10.6. The van der Waals surface area contributed by atoms with Gasteiger partial charge in [0.25, 0.3) is 0 Å². The summed E-state index contributed by atoms with van der Waals surface area (Å²) < 4.78 is 2.72. The Labute approximate surface area is 82.1 Å². The second-order valence-corrected chi connectivity index (χ2v) is 4.41. The van der Waals surface area contributed by atoms with Crippen molar-refractivity contribution in [2.24, 2.45) is 0 Å². The molecule has 1 aliphatic heterocycles. The first kappa shape index (κ1) is 10.1. The molecule has 2 nitrogen and oxygen atoms in total. The Bertz CT molecular complexity index is 195. The highest BCUT2D eigenvalue weighted by molar-refractivity contribution is 8.02. The van der Waals surface area contributed by atoms with Crippen LogP contribution >= 0.6 is 23.5 Å². The van der Waals surface area contributed by atoms with Crippen molar-refractivity contribution in [2.75, 3.05) is 6.54 Å². The molecule has 0 N–H and O–H groups in total. The molecule has 0 saturated carbocycles. The van der Waals surface area contributed by atoms with E-state index in [4.69, 9.17) is 11.6 Å². The molecule has 0 aromatic rings. The molecule has 0 bridgehead atoms. The Balaban J connectivity index is 2.41. The molecule has 1 atom stereocenters. The van der Waals surface area contributed by atoms with Crippen molar-refractivity contribution < 1.29 is 4.79 Å². The Morgan fingerprint density at radius 3 is 3.17 bits per heavy atom. The van der Waals surface area contributed by atoms with Crippen LogP contribution in [0.2, 0.25) is 0 Å². The Kier molecular flexibility index (Phi) is 4.12. The van der Waals surface area contributed by atoms with Crippen molar-refractivity contribution in [3.63, 3.8) is 0 Å². The van der Waals surface area contributed by atoms with E-state index in [1.165, 1.54) is 11.9 Å². The first-order chi connectivity index (χ1) is 5.77. The van der Waals surface area contributed by atoms with Crippen LogP contribution in [0.3, 0.4) is 0 Å². The van der Waals surface area contributed by atoms with Crippen molar-refractivity contribution in [1.29, 1.82) is 0 Å². The highest BCUT2D eigenvalue weighted by Crippen LogP contribution is 2.33. The predicted octanol–water partition coefficient (Wildman–Crippen LogP) is 2.40. The van der Waals surface area contributed by atoms with Gasteiger partial charge >= 0.3 is 0 Å². The van der Waals surface area contributed by atoms with Crippen LogP contribution in [0.4, 0.5) is 0 Å². The van der Waals surface area contributed by atoms with Gasteiger partial charge in [-0.3, -0.25) is 0 Å². The van der Waals surface area contributed by atoms with Gasteiger partial charge in [0.2, 0.25) is 0 Å². The molecule has 0 spiro atoms. The molecule has 1 aliphatic rings. The summed E-state index contributed by atoms with van der Waals surface area (Å²) in [6.07, 6.45) is 4.96. The van der Waals surface area contributed by atoms with E-state index in [9.17, 15) is 4.79 Å². The average molecular weight is 206 g/mol. The van der Waals surface area contributed by atoms with Crippen molar-refractivity contribution in [3.8, 4) is 0 Å². The highest BCUT2D eigenvalue weighted by atomic mass is 35.5. The zero-order valence-corrected chi connectivity index (χ0v) is 8.57. The van der Waals surface area contributed by atoms with Crippen LogP contribution in [0.5, 0.6) is 0 Å². The van der Waals surface area contributed by atoms with Crippen molar-refractivity contribution >= 4 is 29.8 Å². The lowest BCUT2D eigenvalue weighted by Crippen LogP contribution is -2.26. The van der Waals surface area contributed by atoms with Gasteiger partial charge in [-0.25, -0.2) is 4.31 Å². The molecule has 1 unspecified atom stereocenters. The third kappa shape index (κ3) is 2.51. The first-order valence-electron chi connectivity index (χ1n) is 4.05. The summed E-state index contributed by atoms with van der Waals surface area (Å²) in [6.45, 7) is 3.06. The van der Waals surface area contributed by atoms with Gasteiger partial charge in [0.05, 0.1) is 10.4 Å². The van der Waals surface area contributed by atoms with Gasteiger partial charge in [-0.05, 0) is 24.4 Å². The fourth-order valence-electron chi connectivity index (χ4n) is 1.04. The minimum Gasteiger partial charge on any atom is -0.301 e. The topological polar surface area (TPSA) is 20.3 Å². The van der Waals surface area contributed by atoms with Gasteiger partial charge < -0.3 is 4.79 Å².